The SMILES string of the molecule is CCN(Cc1ccc(OC)cc1)C(=O)C1CCCCN1S(C)(=O)=O. The fourth-order valence-corrected chi connectivity index (χ4v) is 4.17. The van der Waals surface area contributed by atoms with Crippen LogP contribution in [-0.4, -0.2) is 56.0 Å². The summed E-state index contributed by atoms with van der Waals surface area (Å²) in [4.78, 5) is 14.6. The van der Waals surface area contributed by atoms with Crippen LogP contribution in [0, 0.1) is 0 Å². The third kappa shape index (κ3) is 4.48. The first-order chi connectivity index (χ1) is 11.4. The summed E-state index contributed by atoms with van der Waals surface area (Å²) >= 11 is 0. The fraction of sp³-hybridized carbons (Fsp3) is 0.588. The molecule has 1 aliphatic rings. The molecule has 24 heavy (non-hydrogen) atoms. The fourth-order valence-electron chi connectivity index (χ4n) is 3.06. The summed E-state index contributed by atoms with van der Waals surface area (Å²) < 4.78 is 30.5. The molecule has 1 fully saturated rings. The Kier molecular flexibility index (Phi) is 6.23. The first-order valence-corrected chi connectivity index (χ1v) is 10.1. The Bertz CT molecular complexity index is 658. The molecule has 1 amide bonds. The van der Waals surface area contributed by atoms with Gasteiger partial charge in [0.1, 0.15) is 11.8 Å². The van der Waals surface area contributed by atoms with E-state index in [0.717, 1.165) is 24.2 Å². The number of likely N-dealkylation sites (N-methyl/N-ethyl adjacent to an activating group) is 1. The molecule has 0 saturated carbocycles. The van der Waals surface area contributed by atoms with Crippen molar-refractivity contribution in [1.29, 1.82) is 0 Å². The van der Waals surface area contributed by atoms with Crippen molar-refractivity contribution in [1.82, 2.24) is 9.21 Å². The van der Waals surface area contributed by atoms with Gasteiger partial charge in [0.15, 0.2) is 0 Å². The molecular formula is C17H26N2O4S. The molecule has 1 aliphatic heterocycles. The van der Waals surface area contributed by atoms with Crippen LogP contribution in [0.15, 0.2) is 24.3 Å². The summed E-state index contributed by atoms with van der Waals surface area (Å²) in [5.74, 6) is 0.655. The van der Waals surface area contributed by atoms with E-state index in [4.69, 9.17) is 4.74 Å². The molecule has 1 aromatic carbocycles. The molecule has 0 aromatic heterocycles. The molecule has 1 atom stereocenters. The minimum absolute atomic E-state index is 0.113. The van der Waals surface area contributed by atoms with Crippen LogP contribution in [0.5, 0.6) is 5.75 Å². The maximum absolute atomic E-state index is 12.9. The largest absolute Gasteiger partial charge is 0.497 e. The number of hydrogen-bond donors (Lipinski definition) is 0. The van der Waals surface area contributed by atoms with Crippen LogP contribution < -0.4 is 4.74 Å². The van der Waals surface area contributed by atoms with E-state index in [2.05, 4.69) is 0 Å². The highest BCUT2D eigenvalue weighted by Crippen LogP contribution is 2.22. The van der Waals surface area contributed by atoms with Crippen LogP contribution >= 0.6 is 0 Å². The summed E-state index contributed by atoms with van der Waals surface area (Å²) in [5.41, 5.74) is 0.993. The average molecular weight is 354 g/mol. The third-order valence-electron chi connectivity index (χ3n) is 4.39. The summed E-state index contributed by atoms with van der Waals surface area (Å²) in [6.45, 7) is 3.34. The second kappa shape index (κ2) is 7.98. The maximum atomic E-state index is 12.9. The quantitative estimate of drug-likeness (QED) is 0.782. The Morgan fingerprint density at radius 1 is 1.29 bits per heavy atom. The zero-order valence-corrected chi connectivity index (χ0v) is 15.4. The van der Waals surface area contributed by atoms with Gasteiger partial charge in [-0.2, -0.15) is 4.31 Å². The van der Waals surface area contributed by atoms with Crippen LogP contribution in [0.25, 0.3) is 0 Å². The van der Waals surface area contributed by atoms with Crippen molar-refractivity contribution in [2.24, 2.45) is 0 Å². The number of sulfonamides is 1. The lowest BCUT2D eigenvalue weighted by atomic mass is 10.0. The Morgan fingerprint density at radius 3 is 2.50 bits per heavy atom. The van der Waals surface area contributed by atoms with Gasteiger partial charge in [0.2, 0.25) is 15.9 Å². The Morgan fingerprint density at radius 2 is 1.96 bits per heavy atom. The van der Waals surface area contributed by atoms with Crippen molar-refractivity contribution in [2.45, 2.75) is 38.8 Å². The van der Waals surface area contributed by atoms with Gasteiger partial charge >= 0.3 is 0 Å². The van der Waals surface area contributed by atoms with Gasteiger partial charge in [-0.1, -0.05) is 18.6 Å². The average Bonchev–Trinajstić information content (AvgIpc) is 2.59. The lowest BCUT2D eigenvalue weighted by Gasteiger charge is -2.35. The number of benzene rings is 1. The molecule has 2 rings (SSSR count). The number of nitrogens with zero attached hydrogens (tertiary/aromatic N) is 2. The molecule has 0 N–H and O–H groups in total. The number of amides is 1. The monoisotopic (exact) mass is 354 g/mol. The summed E-state index contributed by atoms with van der Waals surface area (Å²) in [5, 5.41) is 0. The van der Waals surface area contributed by atoms with Gasteiger partial charge in [-0.3, -0.25) is 4.79 Å². The third-order valence-corrected chi connectivity index (χ3v) is 5.68. The van der Waals surface area contributed by atoms with Gasteiger partial charge in [-0.25, -0.2) is 8.42 Å². The first kappa shape index (κ1) is 18.7. The van der Waals surface area contributed by atoms with Crippen molar-refractivity contribution in [3.05, 3.63) is 29.8 Å². The molecule has 1 saturated heterocycles. The zero-order valence-electron chi connectivity index (χ0n) is 14.6. The van der Waals surface area contributed by atoms with Crippen LogP contribution in [0.3, 0.4) is 0 Å². The molecular weight excluding hydrogens is 328 g/mol. The van der Waals surface area contributed by atoms with Crippen LogP contribution in [0.2, 0.25) is 0 Å². The van der Waals surface area contributed by atoms with Gasteiger partial charge in [0.05, 0.1) is 13.4 Å². The lowest BCUT2D eigenvalue weighted by Crippen LogP contribution is -2.52. The number of rotatable bonds is 6. The highest BCUT2D eigenvalue weighted by Gasteiger charge is 2.36. The van der Waals surface area contributed by atoms with Gasteiger partial charge < -0.3 is 9.64 Å². The van der Waals surface area contributed by atoms with E-state index in [-0.39, 0.29) is 5.91 Å². The molecule has 1 aromatic rings. The predicted molar refractivity (Wildman–Crippen MR) is 93.3 cm³/mol. The molecule has 0 bridgehead atoms. The van der Waals surface area contributed by atoms with E-state index in [1.807, 2.05) is 31.2 Å². The molecule has 1 heterocycles. The second-order valence-electron chi connectivity index (χ2n) is 6.09. The number of carbonyl (C=O) groups is 1. The standard InChI is InChI=1S/C17H26N2O4S/c1-4-18(13-14-8-10-15(23-2)11-9-14)17(20)16-7-5-6-12-19(16)24(3,21)22/h8-11,16H,4-7,12-13H2,1-3H3. The number of ether oxygens (including phenoxy) is 1. The molecule has 0 aliphatic carbocycles. The van der Waals surface area contributed by atoms with E-state index in [0.29, 0.717) is 26.1 Å². The second-order valence-corrected chi connectivity index (χ2v) is 8.02. The Labute approximate surface area is 144 Å². The van der Waals surface area contributed by atoms with Crippen molar-refractivity contribution in [3.8, 4) is 5.75 Å². The zero-order chi connectivity index (χ0) is 17.7. The van der Waals surface area contributed by atoms with E-state index in [9.17, 15) is 13.2 Å². The Balaban J connectivity index is 2.14. The van der Waals surface area contributed by atoms with Gasteiger partial charge in [0.25, 0.3) is 0 Å². The molecule has 0 radical (unpaired) electrons. The normalized spacial score (nSPS) is 19.0. The summed E-state index contributed by atoms with van der Waals surface area (Å²) in [7, 11) is -1.76. The molecule has 134 valence electrons. The smallest absolute Gasteiger partial charge is 0.241 e. The van der Waals surface area contributed by atoms with E-state index < -0.39 is 16.1 Å². The van der Waals surface area contributed by atoms with E-state index in [1.165, 1.54) is 10.6 Å². The predicted octanol–water partition coefficient (Wildman–Crippen LogP) is 1.86. The molecule has 6 nitrogen and oxygen atoms in total. The van der Waals surface area contributed by atoms with Gasteiger partial charge in [-0.15, -0.1) is 0 Å². The number of hydrogen-bond acceptors (Lipinski definition) is 4. The van der Waals surface area contributed by atoms with Crippen molar-refractivity contribution in [3.63, 3.8) is 0 Å². The van der Waals surface area contributed by atoms with Gasteiger partial charge in [0, 0.05) is 19.6 Å². The summed E-state index contributed by atoms with van der Waals surface area (Å²) in [6, 6.07) is 6.98. The molecule has 7 heteroatoms. The van der Waals surface area contributed by atoms with Crippen LogP contribution in [0.1, 0.15) is 31.7 Å². The van der Waals surface area contributed by atoms with Crippen molar-refractivity contribution in [2.75, 3.05) is 26.5 Å². The van der Waals surface area contributed by atoms with E-state index in [1.54, 1.807) is 12.0 Å². The Hall–Kier alpha value is -1.60. The minimum Gasteiger partial charge on any atom is -0.497 e. The lowest BCUT2D eigenvalue weighted by molar-refractivity contribution is -0.136. The topological polar surface area (TPSA) is 66.9 Å². The van der Waals surface area contributed by atoms with Crippen LogP contribution in [0.4, 0.5) is 0 Å². The molecule has 0 spiro atoms. The maximum Gasteiger partial charge on any atom is 0.241 e. The highest BCUT2D eigenvalue weighted by atomic mass is 32.2. The minimum atomic E-state index is -3.37. The number of piperidine rings is 1. The van der Waals surface area contributed by atoms with Crippen molar-refractivity contribution >= 4 is 15.9 Å². The molecule has 1 unspecified atom stereocenters. The number of methoxy groups -OCH3 is 1. The highest BCUT2D eigenvalue weighted by molar-refractivity contribution is 7.88. The van der Waals surface area contributed by atoms with Gasteiger partial charge in [-0.05, 0) is 37.5 Å². The first-order valence-electron chi connectivity index (χ1n) is 8.25. The van der Waals surface area contributed by atoms with Crippen molar-refractivity contribution < 1.29 is 17.9 Å². The van der Waals surface area contributed by atoms with Crippen LogP contribution in [-0.2, 0) is 21.4 Å². The van der Waals surface area contributed by atoms with E-state index >= 15 is 0 Å². The number of carbonyl (C=O) groups excluding carboxylic acids is 1. The summed E-state index contributed by atoms with van der Waals surface area (Å²) in [6.07, 6.45) is 3.45.